The summed E-state index contributed by atoms with van der Waals surface area (Å²) in [4.78, 5) is 6.96. The summed E-state index contributed by atoms with van der Waals surface area (Å²) in [5.74, 6) is 0.505. The Balaban J connectivity index is 1.75. The number of rotatable bonds is 2. The quantitative estimate of drug-likeness (QED) is 0.783. The molecular formula is C14H20N2O. The summed E-state index contributed by atoms with van der Waals surface area (Å²) in [5, 5.41) is 0. The Labute approximate surface area is 103 Å². The standard InChI is InChI=1S/C14H20N2O/c1-10(2)14-6-3-11(7-15-14)16-8-12-4-5-13(9-16)17-12/h3,6-7,10,12-13H,4-5,8-9H2,1-2H3/t12-,13+. The molecule has 0 saturated carbocycles. The van der Waals surface area contributed by atoms with Crippen molar-refractivity contribution in [2.24, 2.45) is 0 Å². The third kappa shape index (κ3) is 2.16. The second-order valence-electron chi connectivity index (χ2n) is 5.46. The van der Waals surface area contributed by atoms with Gasteiger partial charge in [-0.05, 0) is 30.9 Å². The van der Waals surface area contributed by atoms with Crippen molar-refractivity contribution in [2.75, 3.05) is 18.0 Å². The summed E-state index contributed by atoms with van der Waals surface area (Å²) in [5.41, 5.74) is 2.42. The van der Waals surface area contributed by atoms with E-state index in [4.69, 9.17) is 4.74 Å². The average molecular weight is 232 g/mol. The van der Waals surface area contributed by atoms with Crippen LogP contribution in [0.1, 0.15) is 38.3 Å². The molecule has 2 aliphatic rings. The Morgan fingerprint density at radius 2 is 1.94 bits per heavy atom. The zero-order valence-electron chi connectivity index (χ0n) is 10.6. The second kappa shape index (κ2) is 4.30. The third-order valence-corrected chi connectivity index (χ3v) is 3.77. The maximum absolute atomic E-state index is 5.85. The Bertz CT molecular complexity index is 376. The van der Waals surface area contributed by atoms with E-state index < -0.39 is 0 Å². The van der Waals surface area contributed by atoms with E-state index in [0.717, 1.165) is 13.1 Å². The molecule has 0 radical (unpaired) electrons. The van der Waals surface area contributed by atoms with Crippen LogP contribution in [0, 0.1) is 0 Å². The smallest absolute Gasteiger partial charge is 0.0755 e. The van der Waals surface area contributed by atoms with Gasteiger partial charge in [-0.25, -0.2) is 0 Å². The molecule has 92 valence electrons. The summed E-state index contributed by atoms with van der Waals surface area (Å²) < 4.78 is 5.85. The van der Waals surface area contributed by atoms with Crippen LogP contribution < -0.4 is 4.90 Å². The van der Waals surface area contributed by atoms with Gasteiger partial charge in [-0.15, -0.1) is 0 Å². The molecule has 17 heavy (non-hydrogen) atoms. The van der Waals surface area contributed by atoms with Crippen LogP contribution in [-0.4, -0.2) is 30.3 Å². The minimum Gasteiger partial charge on any atom is -0.371 e. The minimum absolute atomic E-state index is 0.443. The summed E-state index contributed by atoms with van der Waals surface area (Å²) in [6.45, 7) is 6.41. The van der Waals surface area contributed by atoms with Crippen molar-refractivity contribution >= 4 is 5.69 Å². The van der Waals surface area contributed by atoms with E-state index in [0.29, 0.717) is 18.1 Å². The highest BCUT2D eigenvalue weighted by Crippen LogP contribution is 2.29. The SMILES string of the molecule is CC(C)c1ccc(N2C[C@H]3CC[C@@H](C2)O3)cn1. The third-order valence-electron chi connectivity index (χ3n) is 3.77. The zero-order chi connectivity index (χ0) is 11.8. The Morgan fingerprint density at radius 3 is 2.47 bits per heavy atom. The molecule has 2 fully saturated rings. The molecule has 3 nitrogen and oxygen atoms in total. The van der Waals surface area contributed by atoms with E-state index in [2.05, 4.69) is 35.9 Å². The van der Waals surface area contributed by atoms with E-state index in [1.165, 1.54) is 24.2 Å². The molecule has 0 N–H and O–H groups in total. The number of ether oxygens (including phenoxy) is 1. The largest absolute Gasteiger partial charge is 0.371 e. The molecule has 2 saturated heterocycles. The molecule has 0 unspecified atom stereocenters. The van der Waals surface area contributed by atoms with Crippen LogP contribution in [-0.2, 0) is 4.74 Å². The number of nitrogens with zero attached hydrogens (tertiary/aromatic N) is 2. The number of anilines is 1. The van der Waals surface area contributed by atoms with Crippen LogP contribution >= 0.6 is 0 Å². The lowest BCUT2D eigenvalue weighted by Gasteiger charge is -2.33. The number of hydrogen-bond acceptors (Lipinski definition) is 3. The van der Waals surface area contributed by atoms with E-state index in [9.17, 15) is 0 Å². The van der Waals surface area contributed by atoms with Crippen LogP contribution in [0.2, 0.25) is 0 Å². The lowest BCUT2D eigenvalue weighted by molar-refractivity contribution is 0.0305. The first-order valence-corrected chi connectivity index (χ1v) is 6.59. The summed E-state index contributed by atoms with van der Waals surface area (Å²) in [6, 6.07) is 4.35. The van der Waals surface area contributed by atoms with Gasteiger partial charge in [0.05, 0.1) is 24.1 Å². The second-order valence-corrected chi connectivity index (χ2v) is 5.46. The van der Waals surface area contributed by atoms with Crippen molar-refractivity contribution in [1.82, 2.24) is 4.98 Å². The van der Waals surface area contributed by atoms with Crippen molar-refractivity contribution in [2.45, 2.75) is 44.8 Å². The van der Waals surface area contributed by atoms with Crippen LogP contribution in [0.25, 0.3) is 0 Å². The monoisotopic (exact) mass is 232 g/mol. The fourth-order valence-corrected chi connectivity index (χ4v) is 2.75. The first kappa shape index (κ1) is 11.0. The molecule has 0 aromatic carbocycles. The van der Waals surface area contributed by atoms with Crippen molar-refractivity contribution in [1.29, 1.82) is 0 Å². The molecule has 3 rings (SSSR count). The number of fused-ring (bicyclic) bond motifs is 2. The van der Waals surface area contributed by atoms with Gasteiger partial charge in [-0.1, -0.05) is 13.8 Å². The lowest BCUT2D eigenvalue weighted by atomic mass is 10.1. The predicted octanol–water partition coefficient (Wildman–Crippen LogP) is 2.57. The van der Waals surface area contributed by atoms with Crippen molar-refractivity contribution in [3.8, 4) is 0 Å². The molecule has 0 amide bonds. The summed E-state index contributed by atoms with van der Waals surface area (Å²) in [6.07, 6.45) is 5.34. The van der Waals surface area contributed by atoms with Gasteiger partial charge < -0.3 is 9.64 Å². The summed E-state index contributed by atoms with van der Waals surface area (Å²) in [7, 11) is 0. The van der Waals surface area contributed by atoms with Crippen LogP contribution in [0.5, 0.6) is 0 Å². The average Bonchev–Trinajstić information content (AvgIpc) is 2.68. The van der Waals surface area contributed by atoms with Gasteiger partial charge in [-0.2, -0.15) is 0 Å². The van der Waals surface area contributed by atoms with E-state index >= 15 is 0 Å². The molecule has 2 aliphatic heterocycles. The maximum Gasteiger partial charge on any atom is 0.0755 e. The molecule has 2 atom stereocenters. The normalized spacial score (nSPS) is 27.8. The first-order valence-electron chi connectivity index (χ1n) is 6.59. The number of hydrogen-bond donors (Lipinski definition) is 0. The van der Waals surface area contributed by atoms with Gasteiger partial charge in [0.25, 0.3) is 0 Å². The highest BCUT2D eigenvalue weighted by atomic mass is 16.5. The van der Waals surface area contributed by atoms with Crippen molar-refractivity contribution in [3.05, 3.63) is 24.0 Å². The first-order chi connectivity index (χ1) is 8.22. The van der Waals surface area contributed by atoms with E-state index in [-0.39, 0.29) is 0 Å². The minimum atomic E-state index is 0.443. The van der Waals surface area contributed by atoms with Gasteiger partial charge >= 0.3 is 0 Å². The highest BCUT2D eigenvalue weighted by molar-refractivity contribution is 5.45. The fraction of sp³-hybridized carbons (Fsp3) is 0.643. The number of pyridine rings is 1. The lowest BCUT2D eigenvalue weighted by Crippen LogP contribution is -2.42. The number of aromatic nitrogens is 1. The van der Waals surface area contributed by atoms with Crippen LogP contribution in [0.3, 0.4) is 0 Å². The molecule has 3 heteroatoms. The van der Waals surface area contributed by atoms with Gasteiger partial charge in [0.1, 0.15) is 0 Å². The fourth-order valence-electron chi connectivity index (χ4n) is 2.75. The molecule has 0 spiro atoms. The van der Waals surface area contributed by atoms with Crippen molar-refractivity contribution < 1.29 is 4.74 Å². The highest BCUT2D eigenvalue weighted by Gasteiger charge is 2.33. The topological polar surface area (TPSA) is 25.4 Å². The predicted molar refractivity (Wildman–Crippen MR) is 68.4 cm³/mol. The zero-order valence-corrected chi connectivity index (χ0v) is 10.6. The summed E-state index contributed by atoms with van der Waals surface area (Å²) >= 11 is 0. The molecule has 3 heterocycles. The Morgan fingerprint density at radius 1 is 1.24 bits per heavy atom. The van der Waals surface area contributed by atoms with Crippen LogP contribution in [0.4, 0.5) is 5.69 Å². The van der Waals surface area contributed by atoms with Gasteiger partial charge in [0.2, 0.25) is 0 Å². The van der Waals surface area contributed by atoms with E-state index in [1.807, 2.05) is 6.20 Å². The Hall–Kier alpha value is -1.09. The van der Waals surface area contributed by atoms with Gasteiger partial charge in [0, 0.05) is 18.8 Å². The molecule has 1 aromatic rings. The molecule has 2 bridgehead atoms. The van der Waals surface area contributed by atoms with E-state index in [1.54, 1.807) is 0 Å². The maximum atomic E-state index is 5.85. The van der Waals surface area contributed by atoms with Gasteiger partial charge in [0.15, 0.2) is 0 Å². The van der Waals surface area contributed by atoms with Gasteiger partial charge in [-0.3, -0.25) is 4.98 Å². The Kier molecular flexibility index (Phi) is 2.79. The van der Waals surface area contributed by atoms with Crippen LogP contribution in [0.15, 0.2) is 18.3 Å². The molecular weight excluding hydrogens is 212 g/mol. The number of morpholine rings is 1. The molecule has 0 aliphatic carbocycles. The molecule has 1 aromatic heterocycles. The van der Waals surface area contributed by atoms with Crippen molar-refractivity contribution in [3.63, 3.8) is 0 Å².